The summed E-state index contributed by atoms with van der Waals surface area (Å²) in [7, 11) is 0. The highest BCUT2D eigenvalue weighted by Crippen LogP contribution is 2.37. The standard InChI is InChI=1S/C18H19ClN2O6/c1-4-26-18(23)16(11(3)22)13(12-7-5-6-8-14(12)19)9-15-17(21(24)25)10(2)20-27-15/h5-8,13,16H,4,9H2,1-3H3. The average Bonchev–Trinajstić information content (AvgIpc) is 2.95. The molecule has 2 atom stereocenters. The van der Waals surface area contributed by atoms with E-state index in [4.69, 9.17) is 20.9 Å². The number of hydrogen-bond donors (Lipinski definition) is 0. The van der Waals surface area contributed by atoms with Gasteiger partial charge in [0.15, 0.2) is 5.69 Å². The molecule has 0 aliphatic heterocycles. The Bertz CT molecular complexity index is 863. The fourth-order valence-electron chi connectivity index (χ4n) is 3.01. The maximum atomic E-state index is 12.5. The van der Waals surface area contributed by atoms with Crippen molar-refractivity contribution >= 4 is 29.0 Å². The Morgan fingerprint density at radius 3 is 2.59 bits per heavy atom. The van der Waals surface area contributed by atoms with Gasteiger partial charge in [0.25, 0.3) is 0 Å². The predicted octanol–water partition coefficient (Wildman–Crippen LogP) is 3.64. The Labute approximate surface area is 160 Å². The lowest BCUT2D eigenvalue weighted by atomic mass is 9.80. The predicted molar refractivity (Wildman–Crippen MR) is 96.6 cm³/mol. The number of Topliss-reactive ketones (excluding diaryl/α,β-unsaturated/α-hetero) is 1. The Morgan fingerprint density at radius 1 is 1.37 bits per heavy atom. The number of rotatable bonds is 8. The molecule has 1 aromatic heterocycles. The fraction of sp³-hybridized carbons (Fsp3) is 0.389. The van der Waals surface area contributed by atoms with E-state index in [1.54, 1.807) is 31.2 Å². The molecule has 0 amide bonds. The van der Waals surface area contributed by atoms with Crippen molar-refractivity contribution in [2.75, 3.05) is 6.61 Å². The van der Waals surface area contributed by atoms with E-state index < -0.39 is 28.5 Å². The number of nitro groups is 1. The second-order valence-electron chi connectivity index (χ2n) is 5.97. The summed E-state index contributed by atoms with van der Waals surface area (Å²) in [6.45, 7) is 4.44. The highest BCUT2D eigenvalue weighted by Gasteiger charge is 2.39. The lowest BCUT2D eigenvalue weighted by Gasteiger charge is -2.24. The number of carbonyl (C=O) groups is 2. The van der Waals surface area contributed by atoms with Crippen molar-refractivity contribution < 1.29 is 23.8 Å². The first-order chi connectivity index (χ1) is 12.8. The van der Waals surface area contributed by atoms with Gasteiger partial charge < -0.3 is 9.26 Å². The lowest BCUT2D eigenvalue weighted by Crippen LogP contribution is -2.32. The third kappa shape index (κ3) is 4.51. The molecule has 27 heavy (non-hydrogen) atoms. The molecule has 0 aliphatic rings. The molecule has 0 aliphatic carbocycles. The third-order valence-corrected chi connectivity index (χ3v) is 4.52. The van der Waals surface area contributed by atoms with Crippen LogP contribution in [-0.4, -0.2) is 28.4 Å². The van der Waals surface area contributed by atoms with Crippen LogP contribution in [0.4, 0.5) is 5.69 Å². The SMILES string of the molecule is CCOC(=O)C(C(C)=O)C(Cc1onc(C)c1[N+](=O)[O-])c1ccccc1Cl. The first-order valence-corrected chi connectivity index (χ1v) is 8.66. The van der Waals surface area contributed by atoms with Crippen LogP contribution >= 0.6 is 11.6 Å². The van der Waals surface area contributed by atoms with Crippen LogP contribution in [0.25, 0.3) is 0 Å². The summed E-state index contributed by atoms with van der Waals surface area (Å²) in [6.07, 6.45) is -0.107. The molecule has 0 N–H and O–H groups in total. The molecule has 2 rings (SSSR count). The van der Waals surface area contributed by atoms with E-state index in [0.717, 1.165) is 0 Å². The van der Waals surface area contributed by atoms with Gasteiger partial charge >= 0.3 is 11.7 Å². The topological polar surface area (TPSA) is 113 Å². The Morgan fingerprint density at radius 2 is 2.04 bits per heavy atom. The van der Waals surface area contributed by atoms with Gasteiger partial charge in [-0.3, -0.25) is 19.7 Å². The number of aromatic nitrogens is 1. The molecule has 9 heteroatoms. The van der Waals surface area contributed by atoms with Gasteiger partial charge in [0.05, 0.1) is 11.5 Å². The third-order valence-electron chi connectivity index (χ3n) is 4.17. The molecule has 2 aromatic rings. The minimum atomic E-state index is -1.19. The molecular weight excluding hydrogens is 376 g/mol. The summed E-state index contributed by atoms with van der Waals surface area (Å²) in [5, 5.41) is 15.3. The van der Waals surface area contributed by atoms with Crippen molar-refractivity contribution in [3.63, 3.8) is 0 Å². The van der Waals surface area contributed by atoms with Crippen LogP contribution in [0.5, 0.6) is 0 Å². The Kier molecular flexibility index (Phi) is 6.68. The molecule has 1 heterocycles. The van der Waals surface area contributed by atoms with Gasteiger partial charge in [0, 0.05) is 17.4 Å². The van der Waals surface area contributed by atoms with Crippen LogP contribution in [0.3, 0.4) is 0 Å². The highest BCUT2D eigenvalue weighted by atomic mass is 35.5. The zero-order chi connectivity index (χ0) is 20.1. The van der Waals surface area contributed by atoms with Crippen LogP contribution in [0.1, 0.15) is 36.8 Å². The minimum absolute atomic E-state index is 0.0297. The second-order valence-corrected chi connectivity index (χ2v) is 6.38. The van der Waals surface area contributed by atoms with E-state index in [2.05, 4.69) is 5.16 Å². The quantitative estimate of drug-likeness (QED) is 0.290. The molecule has 0 saturated heterocycles. The summed E-state index contributed by atoms with van der Waals surface area (Å²) in [6, 6.07) is 6.69. The summed E-state index contributed by atoms with van der Waals surface area (Å²) in [5.41, 5.74) is 0.331. The molecule has 0 fully saturated rings. The number of ether oxygens (including phenoxy) is 1. The van der Waals surface area contributed by atoms with Crippen LogP contribution in [-0.2, 0) is 20.7 Å². The van der Waals surface area contributed by atoms with Gasteiger partial charge in [-0.15, -0.1) is 0 Å². The summed E-state index contributed by atoms with van der Waals surface area (Å²) >= 11 is 6.28. The first kappa shape index (κ1) is 20.6. The number of ketones is 1. The van der Waals surface area contributed by atoms with Crippen molar-refractivity contribution in [2.45, 2.75) is 33.1 Å². The monoisotopic (exact) mass is 394 g/mol. The van der Waals surface area contributed by atoms with Gasteiger partial charge in [-0.2, -0.15) is 0 Å². The number of aryl methyl sites for hydroxylation is 1. The average molecular weight is 395 g/mol. The van der Waals surface area contributed by atoms with Crippen molar-refractivity contribution in [3.8, 4) is 0 Å². The van der Waals surface area contributed by atoms with E-state index in [1.165, 1.54) is 13.8 Å². The zero-order valence-corrected chi connectivity index (χ0v) is 15.9. The molecule has 2 unspecified atom stereocenters. The van der Waals surface area contributed by atoms with Gasteiger partial charge in [0.1, 0.15) is 11.7 Å². The number of esters is 1. The fourth-order valence-corrected chi connectivity index (χ4v) is 3.28. The molecule has 8 nitrogen and oxygen atoms in total. The zero-order valence-electron chi connectivity index (χ0n) is 15.1. The Hall–Kier alpha value is -2.74. The molecule has 0 saturated carbocycles. The summed E-state index contributed by atoms with van der Waals surface area (Å²) < 4.78 is 10.2. The van der Waals surface area contributed by atoms with Gasteiger partial charge in [0.2, 0.25) is 5.76 Å². The van der Waals surface area contributed by atoms with Gasteiger partial charge in [-0.05, 0) is 32.4 Å². The highest BCUT2D eigenvalue weighted by molar-refractivity contribution is 6.31. The maximum absolute atomic E-state index is 12.5. The summed E-state index contributed by atoms with van der Waals surface area (Å²) in [5.74, 6) is -3.17. The van der Waals surface area contributed by atoms with Crippen molar-refractivity contribution in [1.82, 2.24) is 5.16 Å². The van der Waals surface area contributed by atoms with Crippen LogP contribution in [0.2, 0.25) is 5.02 Å². The molecular formula is C18H19ClN2O6. The molecule has 0 spiro atoms. The number of benzene rings is 1. The first-order valence-electron chi connectivity index (χ1n) is 8.28. The number of hydrogen-bond acceptors (Lipinski definition) is 7. The van der Waals surface area contributed by atoms with Crippen LogP contribution in [0, 0.1) is 23.0 Å². The maximum Gasteiger partial charge on any atom is 0.334 e. The van der Waals surface area contributed by atoms with Crippen molar-refractivity contribution in [1.29, 1.82) is 0 Å². The molecule has 0 bridgehead atoms. The lowest BCUT2D eigenvalue weighted by molar-refractivity contribution is -0.386. The van der Waals surface area contributed by atoms with Gasteiger partial charge in [-0.1, -0.05) is 35.0 Å². The van der Waals surface area contributed by atoms with E-state index in [-0.39, 0.29) is 30.2 Å². The normalized spacial score (nSPS) is 13.0. The van der Waals surface area contributed by atoms with Crippen molar-refractivity contribution in [3.05, 3.63) is 56.4 Å². The number of carbonyl (C=O) groups excluding carboxylic acids is 2. The van der Waals surface area contributed by atoms with Crippen LogP contribution in [0.15, 0.2) is 28.8 Å². The largest absolute Gasteiger partial charge is 0.465 e. The number of halogens is 1. The van der Waals surface area contributed by atoms with Crippen LogP contribution < -0.4 is 0 Å². The van der Waals surface area contributed by atoms with E-state index in [1.807, 2.05) is 0 Å². The molecule has 0 radical (unpaired) electrons. The Balaban J connectivity index is 2.57. The van der Waals surface area contributed by atoms with Crippen molar-refractivity contribution in [2.24, 2.45) is 5.92 Å². The van der Waals surface area contributed by atoms with E-state index >= 15 is 0 Å². The second kappa shape index (κ2) is 8.77. The van der Waals surface area contributed by atoms with E-state index in [9.17, 15) is 19.7 Å². The summed E-state index contributed by atoms with van der Waals surface area (Å²) in [4.78, 5) is 35.5. The smallest absolute Gasteiger partial charge is 0.334 e. The van der Waals surface area contributed by atoms with Gasteiger partial charge in [-0.25, -0.2) is 0 Å². The number of nitrogens with zero attached hydrogens (tertiary/aromatic N) is 2. The minimum Gasteiger partial charge on any atom is -0.465 e. The van der Waals surface area contributed by atoms with E-state index in [0.29, 0.717) is 10.6 Å². The molecule has 144 valence electrons. The molecule has 1 aromatic carbocycles.